The molecule has 2 heteroatoms. The molecule has 2 nitrogen and oxygen atoms in total. The topological polar surface area (TPSA) is 40.5 Å². The molecule has 1 saturated carbocycles. The van der Waals surface area contributed by atoms with Gasteiger partial charge in [0.25, 0.3) is 0 Å². The zero-order valence-electron chi connectivity index (χ0n) is 15.7. The summed E-state index contributed by atoms with van der Waals surface area (Å²) < 4.78 is 0. The van der Waals surface area contributed by atoms with Gasteiger partial charge < -0.3 is 10.2 Å². The van der Waals surface area contributed by atoms with Crippen LogP contribution in [0.5, 0.6) is 0 Å². The third kappa shape index (κ3) is 7.00. The van der Waals surface area contributed by atoms with Crippen LogP contribution in [0.15, 0.2) is 0 Å². The van der Waals surface area contributed by atoms with Crippen molar-refractivity contribution in [1.82, 2.24) is 0 Å². The molecule has 2 N–H and O–H groups in total. The summed E-state index contributed by atoms with van der Waals surface area (Å²) in [6, 6.07) is 0. The second-order valence-electron chi connectivity index (χ2n) is 9.48. The van der Waals surface area contributed by atoms with E-state index < -0.39 is 0 Å². The molecular formula is C20H40O2. The molecule has 0 spiro atoms. The average Bonchev–Trinajstić information content (AvgIpc) is 2.39. The highest BCUT2D eigenvalue weighted by Crippen LogP contribution is 2.44. The van der Waals surface area contributed by atoms with Crippen LogP contribution in [0.4, 0.5) is 0 Å². The van der Waals surface area contributed by atoms with Crippen molar-refractivity contribution in [2.75, 3.05) is 6.61 Å². The Balaban J connectivity index is 2.41. The Bertz CT molecular complexity index is 303. The first kappa shape index (κ1) is 20.0. The van der Waals surface area contributed by atoms with Crippen molar-refractivity contribution < 1.29 is 10.2 Å². The van der Waals surface area contributed by atoms with Gasteiger partial charge in [-0.25, -0.2) is 0 Å². The van der Waals surface area contributed by atoms with Gasteiger partial charge in [0.2, 0.25) is 0 Å². The van der Waals surface area contributed by atoms with Crippen LogP contribution < -0.4 is 0 Å². The molecule has 0 bridgehead atoms. The molecule has 3 atom stereocenters. The van der Waals surface area contributed by atoms with Crippen molar-refractivity contribution in [2.45, 2.75) is 98.5 Å². The van der Waals surface area contributed by atoms with E-state index in [0.29, 0.717) is 17.9 Å². The number of hydrogen-bond acceptors (Lipinski definition) is 2. The normalized spacial score (nSPS) is 27.1. The average molecular weight is 313 g/mol. The van der Waals surface area contributed by atoms with Gasteiger partial charge in [-0.05, 0) is 61.2 Å². The minimum atomic E-state index is -0.0992. The molecule has 3 unspecified atom stereocenters. The second-order valence-corrected chi connectivity index (χ2v) is 9.48. The van der Waals surface area contributed by atoms with Gasteiger partial charge in [0.05, 0.1) is 6.10 Å². The summed E-state index contributed by atoms with van der Waals surface area (Å²) in [6.45, 7) is 12.0. The predicted molar refractivity (Wildman–Crippen MR) is 94.9 cm³/mol. The van der Waals surface area contributed by atoms with E-state index in [1.54, 1.807) is 0 Å². The lowest BCUT2D eigenvalue weighted by atomic mass is 9.64. The Morgan fingerprint density at radius 1 is 0.909 bits per heavy atom. The van der Waals surface area contributed by atoms with Crippen LogP contribution in [0.25, 0.3) is 0 Å². The summed E-state index contributed by atoms with van der Waals surface area (Å²) in [5.74, 6) is 1.23. The molecule has 0 aromatic heterocycles. The molecule has 0 radical (unpaired) electrons. The van der Waals surface area contributed by atoms with Gasteiger partial charge in [-0.2, -0.15) is 0 Å². The third-order valence-electron chi connectivity index (χ3n) is 5.64. The SMILES string of the molecule is CC(C)(CCCCCCO)CC1CCC(O)C(C(C)(C)C)C1. The molecule has 0 heterocycles. The van der Waals surface area contributed by atoms with E-state index in [4.69, 9.17) is 5.11 Å². The fraction of sp³-hybridized carbons (Fsp3) is 1.00. The van der Waals surface area contributed by atoms with E-state index in [0.717, 1.165) is 25.2 Å². The highest BCUT2D eigenvalue weighted by atomic mass is 16.3. The minimum absolute atomic E-state index is 0.0992. The molecule has 1 fully saturated rings. The lowest BCUT2D eigenvalue weighted by Crippen LogP contribution is -2.38. The number of aliphatic hydroxyl groups is 2. The summed E-state index contributed by atoms with van der Waals surface area (Å²) in [5, 5.41) is 19.2. The van der Waals surface area contributed by atoms with Gasteiger partial charge in [-0.1, -0.05) is 53.9 Å². The number of hydrogen-bond donors (Lipinski definition) is 2. The van der Waals surface area contributed by atoms with Crippen molar-refractivity contribution in [3.63, 3.8) is 0 Å². The van der Waals surface area contributed by atoms with Crippen molar-refractivity contribution in [3.05, 3.63) is 0 Å². The summed E-state index contributed by atoms with van der Waals surface area (Å²) in [4.78, 5) is 0. The lowest BCUT2D eigenvalue weighted by Gasteiger charge is -2.43. The van der Waals surface area contributed by atoms with Crippen LogP contribution in [0.3, 0.4) is 0 Å². The highest BCUT2D eigenvalue weighted by Gasteiger charge is 2.38. The molecule has 22 heavy (non-hydrogen) atoms. The molecule has 0 aromatic rings. The summed E-state index contributed by atoms with van der Waals surface area (Å²) in [5.41, 5.74) is 0.626. The molecule has 0 amide bonds. The standard InChI is InChI=1S/C20H40O2/c1-19(2,3)17-14-16(10-11-18(17)22)15-20(4,5)12-8-6-7-9-13-21/h16-18,21-22H,6-15H2,1-5H3. The summed E-state index contributed by atoms with van der Waals surface area (Å²) in [7, 11) is 0. The zero-order chi connectivity index (χ0) is 16.8. The Kier molecular flexibility index (Phi) is 7.88. The van der Waals surface area contributed by atoms with Crippen molar-refractivity contribution in [2.24, 2.45) is 22.7 Å². The first-order chi connectivity index (χ1) is 10.2. The third-order valence-corrected chi connectivity index (χ3v) is 5.64. The Morgan fingerprint density at radius 2 is 1.55 bits per heavy atom. The molecule has 1 aliphatic rings. The van der Waals surface area contributed by atoms with E-state index in [1.165, 1.54) is 38.5 Å². The van der Waals surface area contributed by atoms with E-state index in [9.17, 15) is 5.11 Å². The van der Waals surface area contributed by atoms with Crippen LogP contribution in [-0.2, 0) is 0 Å². The van der Waals surface area contributed by atoms with E-state index in [-0.39, 0.29) is 11.5 Å². The molecule has 1 rings (SSSR count). The largest absolute Gasteiger partial charge is 0.396 e. The molecular weight excluding hydrogens is 272 g/mol. The first-order valence-electron chi connectivity index (χ1n) is 9.44. The van der Waals surface area contributed by atoms with Crippen molar-refractivity contribution in [1.29, 1.82) is 0 Å². The maximum atomic E-state index is 10.3. The lowest BCUT2D eigenvalue weighted by molar-refractivity contribution is -0.0159. The van der Waals surface area contributed by atoms with Gasteiger partial charge in [0.15, 0.2) is 0 Å². The van der Waals surface area contributed by atoms with E-state index in [2.05, 4.69) is 34.6 Å². The van der Waals surface area contributed by atoms with Crippen molar-refractivity contribution >= 4 is 0 Å². The van der Waals surface area contributed by atoms with Gasteiger partial charge in [0.1, 0.15) is 0 Å². The summed E-state index contributed by atoms with van der Waals surface area (Å²) >= 11 is 0. The van der Waals surface area contributed by atoms with E-state index >= 15 is 0 Å². The highest BCUT2D eigenvalue weighted by molar-refractivity contribution is 4.88. The molecule has 0 saturated heterocycles. The number of aliphatic hydroxyl groups excluding tert-OH is 2. The fourth-order valence-electron chi connectivity index (χ4n) is 4.31. The smallest absolute Gasteiger partial charge is 0.0573 e. The van der Waals surface area contributed by atoms with Crippen LogP contribution in [0, 0.1) is 22.7 Å². The monoisotopic (exact) mass is 312 g/mol. The minimum Gasteiger partial charge on any atom is -0.396 e. The van der Waals surface area contributed by atoms with Crippen LogP contribution in [0.1, 0.15) is 92.4 Å². The number of rotatable bonds is 8. The van der Waals surface area contributed by atoms with E-state index in [1.807, 2.05) is 0 Å². The Hall–Kier alpha value is -0.0800. The Morgan fingerprint density at radius 3 is 2.14 bits per heavy atom. The first-order valence-corrected chi connectivity index (χ1v) is 9.44. The predicted octanol–water partition coefficient (Wildman–Crippen LogP) is 5.17. The maximum absolute atomic E-state index is 10.3. The summed E-state index contributed by atoms with van der Waals surface area (Å²) in [6.07, 6.45) is 10.5. The van der Waals surface area contributed by atoms with Crippen LogP contribution in [0.2, 0.25) is 0 Å². The molecule has 1 aliphatic carbocycles. The van der Waals surface area contributed by atoms with Gasteiger partial charge in [0, 0.05) is 6.61 Å². The quantitative estimate of drug-likeness (QED) is 0.607. The van der Waals surface area contributed by atoms with Gasteiger partial charge in [-0.15, -0.1) is 0 Å². The maximum Gasteiger partial charge on any atom is 0.0573 e. The second kappa shape index (κ2) is 8.68. The van der Waals surface area contributed by atoms with Gasteiger partial charge in [-0.3, -0.25) is 0 Å². The zero-order valence-corrected chi connectivity index (χ0v) is 15.7. The van der Waals surface area contributed by atoms with Crippen molar-refractivity contribution in [3.8, 4) is 0 Å². The van der Waals surface area contributed by atoms with Crippen LogP contribution in [-0.4, -0.2) is 22.9 Å². The number of unbranched alkanes of at least 4 members (excludes halogenated alkanes) is 3. The molecule has 132 valence electrons. The fourth-order valence-corrected chi connectivity index (χ4v) is 4.31. The Labute approximate surface area is 138 Å². The molecule has 0 aliphatic heterocycles. The van der Waals surface area contributed by atoms with Crippen LogP contribution >= 0.6 is 0 Å². The van der Waals surface area contributed by atoms with Gasteiger partial charge >= 0.3 is 0 Å². The molecule has 0 aromatic carbocycles.